The van der Waals surface area contributed by atoms with E-state index in [1.165, 1.54) is 25.1 Å². The van der Waals surface area contributed by atoms with Crippen molar-refractivity contribution in [3.63, 3.8) is 0 Å². The van der Waals surface area contributed by atoms with E-state index in [1.807, 2.05) is 12.1 Å². The zero-order valence-corrected chi connectivity index (χ0v) is 16.4. The number of benzene rings is 2. The summed E-state index contributed by atoms with van der Waals surface area (Å²) in [6, 6.07) is 9.35. The zero-order chi connectivity index (χ0) is 21.4. The van der Waals surface area contributed by atoms with Gasteiger partial charge in [-0.1, -0.05) is 6.07 Å². The van der Waals surface area contributed by atoms with Crippen molar-refractivity contribution in [2.24, 2.45) is 0 Å². The quantitative estimate of drug-likeness (QED) is 0.389. The molecule has 0 aliphatic rings. The lowest BCUT2D eigenvalue weighted by atomic mass is 10.1. The Balaban J connectivity index is 1.80. The van der Waals surface area contributed by atoms with Gasteiger partial charge in [-0.2, -0.15) is 0 Å². The van der Waals surface area contributed by atoms with Crippen LogP contribution < -0.4 is 14.8 Å². The van der Waals surface area contributed by atoms with Gasteiger partial charge in [0.2, 0.25) is 0 Å². The molecule has 2 aromatic carbocycles. The molecule has 0 spiro atoms. The minimum Gasteiger partial charge on any atom is -0.493 e. The molecule has 0 aliphatic carbocycles. The van der Waals surface area contributed by atoms with Crippen LogP contribution in [0.3, 0.4) is 0 Å². The van der Waals surface area contributed by atoms with Gasteiger partial charge in [0.25, 0.3) is 11.6 Å². The number of aryl methyl sites for hydroxylation is 1. The van der Waals surface area contributed by atoms with Gasteiger partial charge in [-0.05, 0) is 43.2 Å². The molecule has 29 heavy (non-hydrogen) atoms. The maximum Gasteiger partial charge on any atom is 0.338 e. The molecule has 0 aliphatic heterocycles. The van der Waals surface area contributed by atoms with E-state index in [4.69, 9.17) is 14.2 Å². The number of rotatable bonds is 9. The Morgan fingerprint density at radius 3 is 2.41 bits per heavy atom. The monoisotopic (exact) mass is 402 g/mol. The van der Waals surface area contributed by atoms with Gasteiger partial charge in [-0.3, -0.25) is 14.9 Å². The lowest BCUT2D eigenvalue weighted by Gasteiger charge is -2.10. The maximum absolute atomic E-state index is 12.0. The molecule has 0 fully saturated rings. The summed E-state index contributed by atoms with van der Waals surface area (Å²) in [5.74, 6) is 0.0489. The molecule has 0 radical (unpaired) electrons. The highest BCUT2D eigenvalue weighted by atomic mass is 16.6. The first-order chi connectivity index (χ1) is 13.8. The molecular formula is C20H22N2O7. The van der Waals surface area contributed by atoms with Crippen molar-refractivity contribution in [2.75, 3.05) is 27.4 Å². The van der Waals surface area contributed by atoms with E-state index < -0.39 is 23.4 Å². The molecule has 2 rings (SSSR count). The Morgan fingerprint density at radius 2 is 1.79 bits per heavy atom. The predicted molar refractivity (Wildman–Crippen MR) is 104 cm³/mol. The van der Waals surface area contributed by atoms with E-state index in [-0.39, 0.29) is 11.3 Å². The first-order valence-electron chi connectivity index (χ1n) is 8.75. The van der Waals surface area contributed by atoms with E-state index in [0.717, 1.165) is 5.56 Å². The van der Waals surface area contributed by atoms with E-state index in [9.17, 15) is 19.7 Å². The van der Waals surface area contributed by atoms with Crippen LogP contribution in [0.5, 0.6) is 11.5 Å². The normalized spacial score (nSPS) is 10.2. The largest absolute Gasteiger partial charge is 0.493 e. The minimum absolute atomic E-state index is 0.0885. The molecule has 2 aromatic rings. The molecule has 1 amide bonds. The number of methoxy groups -OCH3 is 2. The number of nitrogens with zero attached hydrogens (tertiary/aromatic N) is 1. The van der Waals surface area contributed by atoms with Crippen LogP contribution in [0.4, 0.5) is 5.69 Å². The summed E-state index contributed by atoms with van der Waals surface area (Å²) < 4.78 is 15.4. The second kappa shape index (κ2) is 10.1. The van der Waals surface area contributed by atoms with Crippen molar-refractivity contribution >= 4 is 17.6 Å². The highest BCUT2D eigenvalue weighted by Crippen LogP contribution is 2.27. The van der Waals surface area contributed by atoms with Crippen molar-refractivity contribution < 1.29 is 28.7 Å². The fraction of sp³-hybridized carbons (Fsp3) is 0.300. The van der Waals surface area contributed by atoms with Gasteiger partial charge in [0.15, 0.2) is 18.1 Å². The van der Waals surface area contributed by atoms with Crippen molar-refractivity contribution in [1.29, 1.82) is 0 Å². The summed E-state index contributed by atoms with van der Waals surface area (Å²) in [6.07, 6.45) is 0.557. The lowest BCUT2D eigenvalue weighted by molar-refractivity contribution is -0.385. The first-order valence-corrected chi connectivity index (χ1v) is 8.75. The van der Waals surface area contributed by atoms with Crippen LogP contribution in [-0.2, 0) is 16.0 Å². The van der Waals surface area contributed by atoms with Crippen LogP contribution in [0.1, 0.15) is 21.5 Å². The SMILES string of the molecule is COc1ccc(CCNC(=O)COC(=O)c2ccc([N+](=O)[O-])c(C)c2)cc1OC. The molecule has 0 atom stereocenters. The number of nitro groups is 1. The first kappa shape index (κ1) is 21.7. The molecule has 0 heterocycles. The second-order valence-corrected chi connectivity index (χ2v) is 6.12. The lowest BCUT2D eigenvalue weighted by Crippen LogP contribution is -2.30. The fourth-order valence-electron chi connectivity index (χ4n) is 2.64. The highest BCUT2D eigenvalue weighted by Gasteiger charge is 2.15. The van der Waals surface area contributed by atoms with E-state index in [1.54, 1.807) is 20.3 Å². The molecule has 1 N–H and O–H groups in total. The Labute approximate surface area is 167 Å². The predicted octanol–water partition coefficient (Wildman–Crippen LogP) is 2.44. The number of nitrogens with one attached hydrogen (secondary N) is 1. The van der Waals surface area contributed by atoms with E-state index in [2.05, 4.69) is 5.32 Å². The van der Waals surface area contributed by atoms with Crippen LogP contribution in [0, 0.1) is 17.0 Å². The van der Waals surface area contributed by atoms with Gasteiger partial charge in [-0.15, -0.1) is 0 Å². The molecule has 9 nitrogen and oxygen atoms in total. The molecule has 0 bridgehead atoms. The van der Waals surface area contributed by atoms with Gasteiger partial charge in [0.05, 0.1) is 24.7 Å². The fourth-order valence-corrected chi connectivity index (χ4v) is 2.64. The van der Waals surface area contributed by atoms with Crippen LogP contribution in [0.2, 0.25) is 0 Å². The zero-order valence-electron chi connectivity index (χ0n) is 16.4. The molecular weight excluding hydrogens is 380 g/mol. The number of carbonyl (C=O) groups is 2. The second-order valence-electron chi connectivity index (χ2n) is 6.12. The number of hydrogen-bond acceptors (Lipinski definition) is 7. The Kier molecular flexibility index (Phi) is 7.53. The van der Waals surface area contributed by atoms with Crippen molar-refractivity contribution in [1.82, 2.24) is 5.32 Å². The number of esters is 1. The number of carbonyl (C=O) groups excluding carboxylic acids is 2. The Hall–Kier alpha value is -3.62. The van der Waals surface area contributed by atoms with Gasteiger partial charge in [0, 0.05) is 18.2 Å². The summed E-state index contributed by atoms with van der Waals surface area (Å²) in [6.45, 7) is 1.43. The van der Waals surface area contributed by atoms with Crippen molar-refractivity contribution in [3.05, 3.63) is 63.2 Å². The third kappa shape index (κ3) is 5.93. The summed E-state index contributed by atoms with van der Waals surface area (Å²) in [5.41, 5.74) is 1.34. The third-order valence-electron chi connectivity index (χ3n) is 4.15. The van der Waals surface area contributed by atoms with Crippen molar-refractivity contribution in [2.45, 2.75) is 13.3 Å². The molecule has 9 heteroatoms. The molecule has 0 aromatic heterocycles. The summed E-state index contributed by atoms with van der Waals surface area (Å²) in [7, 11) is 3.10. The number of hydrogen-bond donors (Lipinski definition) is 1. The van der Waals surface area contributed by atoms with Gasteiger partial charge < -0.3 is 19.5 Å². The average Bonchev–Trinajstić information content (AvgIpc) is 2.71. The summed E-state index contributed by atoms with van der Waals surface area (Å²) in [5, 5.41) is 13.5. The topological polar surface area (TPSA) is 117 Å². The minimum atomic E-state index is -0.724. The van der Waals surface area contributed by atoms with Crippen molar-refractivity contribution in [3.8, 4) is 11.5 Å². The van der Waals surface area contributed by atoms with E-state index >= 15 is 0 Å². The van der Waals surface area contributed by atoms with Gasteiger partial charge in [-0.25, -0.2) is 4.79 Å². The standard InChI is InChI=1S/C20H22N2O7/c1-13-10-15(5-6-16(13)22(25)26)20(24)29-12-19(23)21-9-8-14-4-7-17(27-2)18(11-14)28-3/h4-7,10-11H,8-9,12H2,1-3H3,(H,21,23). The van der Waals surface area contributed by atoms with E-state index in [0.29, 0.717) is 30.0 Å². The summed E-state index contributed by atoms with van der Waals surface area (Å²) in [4.78, 5) is 34.2. The number of amides is 1. The number of ether oxygens (including phenoxy) is 3. The Morgan fingerprint density at radius 1 is 1.07 bits per heavy atom. The van der Waals surface area contributed by atoms with Crippen LogP contribution in [-0.4, -0.2) is 44.2 Å². The maximum atomic E-state index is 12.0. The van der Waals surface area contributed by atoms with Crippen LogP contribution >= 0.6 is 0 Å². The third-order valence-corrected chi connectivity index (χ3v) is 4.15. The molecule has 0 saturated carbocycles. The molecule has 154 valence electrons. The van der Waals surface area contributed by atoms with Crippen LogP contribution in [0.25, 0.3) is 0 Å². The molecule has 0 saturated heterocycles. The van der Waals surface area contributed by atoms with Gasteiger partial charge >= 0.3 is 5.97 Å². The van der Waals surface area contributed by atoms with Gasteiger partial charge in [0.1, 0.15) is 0 Å². The smallest absolute Gasteiger partial charge is 0.338 e. The molecule has 0 unspecified atom stereocenters. The summed E-state index contributed by atoms with van der Waals surface area (Å²) >= 11 is 0. The Bertz CT molecular complexity index is 912. The average molecular weight is 402 g/mol. The highest BCUT2D eigenvalue weighted by molar-refractivity contribution is 5.91. The van der Waals surface area contributed by atoms with Crippen LogP contribution in [0.15, 0.2) is 36.4 Å². The number of nitro benzene ring substituents is 1.